The monoisotopic (exact) mass is 327 g/mol. The molecule has 120 valence electrons. The number of carbonyl (C=O) groups is 2. The molecule has 1 saturated heterocycles. The molecule has 1 aromatic carbocycles. The average molecular weight is 328 g/mol. The molecule has 0 aromatic heterocycles. The number of para-hydroxylation sites is 1. The fourth-order valence-electron chi connectivity index (χ4n) is 2.23. The Morgan fingerprint density at radius 2 is 2.00 bits per heavy atom. The number of carbonyl (C=O) groups excluding carboxylic acids is 1. The fraction of sp³-hybridized carbons (Fsp3) is 0.467. The summed E-state index contributed by atoms with van der Waals surface area (Å²) in [5, 5.41) is 12.4. The van der Waals surface area contributed by atoms with Gasteiger partial charge in [-0.3, -0.25) is 4.79 Å². The number of hydrogen-bond donors (Lipinski definition) is 2. The molecule has 1 fully saturated rings. The molecule has 1 atom stereocenters. The van der Waals surface area contributed by atoms with Gasteiger partial charge in [0.05, 0.1) is 5.02 Å². The molecule has 1 aliphatic heterocycles. The van der Waals surface area contributed by atoms with Crippen LogP contribution in [-0.4, -0.2) is 41.8 Å². The highest BCUT2D eigenvalue weighted by molar-refractivity contribution is 6.32. The molecule has 7 heteroatoms. The van der Waals surface area contributed by atoms with Crippen molar-refractivity contribution in [2.24, 2.45) is 0 Å². The molecular weight excluding hydrogens is 310 g/mol. The molecule has 0 saturated carbocycles. The highest BCUT2D eigenvalue weighted by atomic mass is 35.5. The van der Waals surface area contributed by atoms with Crippen molar-refractivity contribution in [3.05, 3.63) is 29.3 Å². The number of halogens is 1. The molecule has 1 amide bonds. The lowest BCUT2D eigenvalue weighted by molar-refractivity contribution is -0.153. The Kier molecular flexibility index (Phi) is 5.26. The molecule has 1 unspecified atom stereocenters. The van der Waals surface area contributed by atoms with Gasteiger partial charge in [0.1, 0.15) is 11.3 Å². The van der Waals surface area contributed by atoms with Crippen LogP contribution in [0.4, 0.5) is 0 Å². The van der Waals surface area contributed by atoms with Gasteiger partial charge in [-0.1, -0.05) is 23.7 Å². The Morgan fingerprint density at radius 1 is 1.36 bits per heavy atom. The first-order chi connectivity index (χ1) is 10.4. The number of carboxylic acid groups (broad SMARTS) is 1. The van der Waals surface area contributed by atoms with Crippen molar-refractivity contribution in [2.45, 2.75) is 31.4 Å². The molecule has 1 heterocycles. The molecule has 6 nitrogen and oxygen atoms in total. The molecular formula is C15H18ClNO5. The van der Waals surface area contributed by atoms with E-state index >= 15 is 0 Å². The summed E-state index contributed by atoms with van der Waals surface area (Å²) in [6.45, 7) is 2.15. The van der Waals surface area contributed by atoms with E-state index in [0.717, 1.165) is 0 Å². The van der Waals surface area contributed by atoms with Crippen molar-refractivity contribution in [2.75, 3.05) is 13.2 Å². The van der Waals surface area contributed by atoms with Crippen molar-refractivity contribution in [3.8, 4) is 5.75 Å². The number of ether oxygens (including phenoxy) is 2. The topological polar surface area (TPSA) is 84.9 Å². The lowest BCUT2D eigenvalue weighted by Crippen LogP contribution is -2.59. The Balaban J connectivity index is 2.04. The van der Waals surface area contributed by atoms with Crippen molar-refractivity contribution < 1.29 is 24.2 Å². The Morgan fingerprint density at radius 3 is 2.59 bits per heavy atom. The number of carboxylic acids is 1. The van der Waals surface area contributed by atoms with Crippen LogP contribution in [0.1, 0.15) is 19.8 Å². The van der Waals surface area contributed by atoms with Crippen LogP contribution in [0, 0.1) is 0 Å². The third-order valence-corrected chi connectivity index (χ3v) is 3.94. The minimum atomic E-state index is -1.30. The maximum atomic E-state index is 12.3. The zero-order valence-electron chi connectivity index (χ0n) is 12.2. The van der Waals surface area contributed by atoms with Crippen molar-refractivity contribution >= 4 is 23.5 Å². The zero-order chi connectivity index (χ0) is 16.2. The van der Waals surface area contributed by atoms with Crippen LogP contribution in [0.3, 0.4) is 0 Å². The first-order valence-electron chi connectivity index (χ1n) is 6.99. The second-order valence-electron chi connectivity index (χ2n) is 5.18. The van der Waals surface area contributed by atoms with E-state index in [9.17, 15) is 14.7 Å². The van der Waals surface area contributed by atoms with Gasteiger partial charge < -0.3 is 19.9 Å². The maximum Gasteiger partial charge on any atom is 0.329 e. The standard InChI is InChI=1S/C15H18ClNO5/c1-10(22-12-5-3-2-4-11(12)16)13(18)17-15(14(19)20)6-8-21-9-7-15/h2-5,10H,6-9H2,1H3,(H,17,18)(H,19,20). The van der Waals surface area contributed by atoms with Crippen LogP contribution >= 0.6 is 11.6 Å². The van der Waals surface area contributed by atoms with E-state index in [1.165, 1.54) is 0 Å². The minimum absolute atomic E-state index is 0.229. The number of rotatable bonds is 5. The molecule has 1 aromatic rings. The molecule has 2 rings (SSSR count). The van der Waals surface area contributed by atoms with Crippen LogP contribution in [0.15, 0.2) is 24.3 Å². The van der Waals surface area contributed by atoms with Crippen molar-refractivity contribution in [1.29, 1.82) is 0 Å². The van der Waals surface area contributed by atoms with E-state index in [1.54, 1.807) is 31.2 Å². The van der Waals surface area contributed by atoms with Gasteiger partial charge >= 0.3 is 5.97 Å². The van der Waals surface area contributed by atoms with Gasteiger partial charge in [-0.15, -0.1) is 0 Å². The smallest absolute Gasteiger partial charge is 0.329 e. The second-order valence-corrected chi connectivity index (χ2v) is 5.59. The highest BCUT2D eigenvalue weighted by Crippen LogP contribution is 2.25. The van der Waals surface area contributed by atoms with Crippen molar-refractivity contribution in [1.82, 2.24) is 5.32 Å². The van der Waals surface area contributed by atoms with Gasteiger partial charge in [-0.2, -0.15) is 0 Å². The predicted octanol–water partition coefficient (Wildman–Crippen LogP) is 1.86. The number of nitrogens with one attached hydrogen (secondary N) is 1. The average Bonchev–Trinajstić information content (AvgIpc) is 2.50. The van der Waals surface area contributed by atoms with E-state index in [0.29, 0.717) is 24.0 Å². The highest BCUT2D eigenvalue weighted by Gasteiger charge is 2.42. The van der Waals surface area contributed by atoms with E-state index < -0.39 is 23.5 Å². The van der Waals surface area contributed by atoms with Crippen LogP contribution in [0.2, 0.25) is 5.02 Å². The van der Waals surface area contributed by atoms with E-state index in [2.05, 4.69) is 5.32 Å². The summed E-state index contributed by atoms with van der Waals surface area (Å²) in [5.74, 6) is -1.18. The zero-order valence-corrected chi connectivity index (χ0v) is 12.9. The maximum absolute atomic E-state index is 12.3. The molecule has 0 spiro atoms. The summed E-state index contributed by atoms with van der Waals surface area (Å²) >= 11 is 5.98. The quantitative estimate of drug-likeness (QED) is 0.862. The molecule has 22 heavy (non-hydrogen) atoms. The predicted molar refractivity (Wildman–Crippen MR) is 80.1 cm³/mol. The number of aliphatic carboxylic acids is 1. The lowest BCUT2D eigenvalue weighted by atomic mass is 9.90. The van der Waals surface area contributed by atoms with E-state index in [4.69, 9.17) is 21.1 Å². The summed E-state index contributed by atoms with van der Waals surface area (Å²) in [5.41, 5.74) is -1.30. The molecule has 0 aliphatic carbocycles. The SMILES string of the molecule is CC(Oc1ccccc1Cl)C(=O)NC1(C(=O)O)CCOCC1. The van der Waals surface area contributed by atoms with Gasteiger partial charge in [-0.05, 0) is 19.1 Å². The van der Waals surface area contributed by atoms with Gasteiger partial charge in [0.2, 0.25) is 0 Å². The van der Waals surface area contributed by atoms with Crippen LogP contribution in [0.5, 0.6) is 5.75 Å². The fourth-order valence-corrected chi connectivity index (χ4v) is 2.41. The molecule has 2 N–H and O–H groups in total. The summed E-state index contributed by atoms with van der Waals surface area (Å²) < 4.78 is 10.7. The van der Waals surface area contributed by atoms with Crippen LogP contribution in [0.25, 0.3) is 0 Å². The Bertz CT molecular complexity index is 557. The summed E-state index contributed by atoms with van der Waals surface area (Å²) in [6, 6.07) is 6.79. The van der Waals surface area contributed by atoms with Gasteiger partial charge in [0, 0.05) is 26.1 Å². The largest absolute Gasteiger partial charge is 0.480 e. The van der Waals surface area contributed by atoms with Crippen LogP contribution in [-0.2, 0) is 14.3 Å². The van der Waals surface area contributed by atoms with Crippen molar-refractivity contribution in [3.63, 3.8) is 0 Å². The number of hydrogen-bond acceptors (Lipinski definition) is 4. The Labute approximate surface area is 133 Å². The summed E-state index contributed by atoms with van der Waals surface area (Å²) in [7, 11) is 0. The number of amides is 1. The third-order valence-electron chi connectivity index (χ3n) is 3.63. The Hall–Kier alpha value is -1.79. The summed E-state index contributed by atoms with van der Waals surface area (Å²) in [6.07, 6.45) is -0.404. The normalized spacial score (nSPS) is 18.3. The molecule has 1 aliphatic rings. The van der Waals surface area contributed by atoms with E-state index in [1.807, 2.05) is 0 Å². The third kappa shape index (κ3) is 3.69. The number of benzene rings is 1. The molecule has 0 radical (unpaired) electrons. The molecule has 0 bridgehead atoms. The first-order valence-corrected chi connectivity index (χ1v) is 7.37. The van der Waals surface area contributed by atoms with Gasteiger partial charge in [-0.25, -0.2) is 4.79 Å². The van der Waals surface area contributed by atoms with E-state index in [-0.39, 0.29) is 12.8 Å². The van der Waals surface area contributed by atoms with Gasteiger partial charge in [0.25, 0.3) is 5.91 Å². The van der Waals surface area contributed by atoms with Crippen LogP contribution < -0.4 is 10.1 Å². The lowest BCUT2D eigenvalue weighted by Gasteiger charge is -2.34. The second kappa shape index (κ2) is 6.98. The minimum Gasteiger partial charge on any atom is -0.480 e. The van der Waals surface area contributed by atoms with Gasteiger partial charge in [0.15, 0.2) is 6.10 Å². The first kappa shape index (κ1) is 16.6. The summed E-state index contributed by atoms with van der Waals surface area (Å²) in [4.78, 5) is 23.8.